The fourth-order valence-electron chi connectivity index (χ4n) is 4.78. The summed E-state index contributed by atoms with van der Waals surface area (Å²) >= 11 is 0. The van der Waals surface area contributed by atoms with Gasteiger partial charge in [-0.25, -0.2) is 9.18 Å². The van der Waals surface area contributed by atoms with Gasteiger partial charge >= 0.3 is 6.09 Å². The molecule has 0 saturated carbocycles. The van der Waals surface area contributed by atoms with Gasteiger partial charge in [-0.2, -0.15) is 5.26 Å². The lowest BCUT2D eigenvalue weighted by atomic mass is 9.88. The normalized spacial score (nSPS) is 16.9. The zero-order chi connectivity index (χ0) is 28.2. The summed E-state index contributed by atoms with van der Waals surface area (Å²) in [6, 6.07) is 12.5. The smallest absolute Gasteiger partial charge is 0.408 e. The van der Waals surface area contributed by atoms with Crippen LogP contribution >= 0.6 is 0 Å². The van der Waals surface area contributed by atoms with Crippen LogP contribution in [0.4, 0.5) is 9.18 Å². The minimum absolute atomic E-state index is 0.186. The number of carbonyl (C=O) groups excluding carboxylic acids is 3. The summed E-state index contributed by atoms with van der Waals surface area (Å²) in [7, 11) is 0. The number of alkyl carbamates (subject to hydrolysis) is 1. The van der Waals surface area contributed by atoms with Crippen molar-refractivity contribution in [3.05, 3.63) is 70.5 Å². The van der Waals surface area contributed by atoms with Gasteiger partial charge in [0.05, 0.1) is 6.07 Å². The molecule has 0 spiro atoms. The van der Waals surface area contributed by atoms with Crippen LogP contribution in [0, 0.1) is 17.1 Å². The molecule has 9 nitrogen and oxygen atoms in total. The molecule has 1 fully saturated rings. The lowest BCUT2D eigenvalue weighted by molar-refractivity contribution is -0.132. The van der Waals surface area contributed by atoms with Gasteiger partial charge in [0.1, 0.15) is 23.0 Å². The molecule has 0 unspecified atom stereocenters. The third-order valence-corrected chi connectivity index (χ3v) is 6.79. The fourth-order valence-corrected chi connectivity index (χ4v) is 4.78. The number of nitrogens with zero attached hydrogens (tertiary/aromatic N) is 2. The summed E-state index contributed by atoms with van der Waals surface area (Å²) in [5, 5.41) is 15.3. The Labute approximate surface area is 227 Å². The predicted octanol–water partition coefficient (Wildman–Crippen LogP) is 3.61. The number of nitriles is 1. The Morgan fingerprint density at radius 2 is 1.77 bits per heavy atom. The van der Waals surface area contributed by atoms with Gasteiger partial charge in [-0.3, -0.25) is 9.59 Å². The molecule has 0 aliphatic carbocycles. The van der Waals surface area contributed by atoms with Crippen LogP contribution in [0.5, 0.6) is 0 Å². The van der Waals surface area contributed by atoms with Crippen LogP contribution in [0.3, 0.4) is 0 Å². The number of amides is 3. The van der Waals surface area contributed by atoms with E-state index in [9.17, 15) is 24.0 Å². The van der Waals surface area contributed by atoms with Crippen LogP contribution in [0.2, 0.25) is 0 Å². The lowest BCUT2D eigenvalue weighted by Crippen LogP contribution is -2.63. The molecule has 2 aliphatic heterocycles. The summed E-state index contributed by atoms with van der Waals surface area (Å²) < 4.78 is 24.0. The zero-order valence-electron chi connectivity index (χ0n) is 22.4. The van der Waals surface area contributed by atoms with Crippen molar-refractivity contribution in [1.82, 2.24) is 15.5 Å². The van der Waals surface area contributed by atoms with Gasteiger partial charge in [-0.05, 0) is 61.7 Å². The molecule has 2 aliphatic rings. The first-order valence-electron chi connectivity index (χ1n) is 12.9. The molecule has 0 bridgehead atoms. The van der Waals surface area contributed by atoms with E-state index in [0.29, 0.717) is 31.9 Å². The predicted molar refractivity (Wildman–Crippen MR) is 140 cm³/mol. The Hall–Kier alpha value is -3.97. The second-order valence-electron chi connectivity index (χ2n) is 11.0. The van der Waals surface area contributed by atoms with E-state index in [-0.39, 0.29) is 25.2 Å². The topological polar surface area (TPSA) is 121 Å². The second kappa shape index (κ2) is 11.4. The van der Waals surface area contributed by atoms with Crippen LogP contribution in [0.15, 0.2) is 42.5 Å². The minimum Gasteiger partial charge on any atom is -0.444 e. The molecular weight excluding hydrogens is 503 g/mol. The van der Waals surface area contributed by atoms with Crippen LogP contribution < -0.4 is 10.6 Å². The standard InChI is InChI=1S/C29H33FN4O5/c1-28(2,3)39-27(37)33-29(10-12-38-13-11-29)26(36)32-24(16-31)15-19-4-5-21-17-34(18-22(21)14-19)25(35)20-6-8-23(30)9-7-20/h4-9,14,24H,10-13,15,17-18H2,1-3H3,(H,32,36)(H,33,37)/t24-/m0/s1. The summed E-state index contributed by atoms with van der Waals surface area (Å²) in [4.78, 5) is 40.4. The van der Waals surface area contributed by atoms with Crippen molar-refractivity contribution in [3.8, 4) is 6.07 Å². The summed E-state index contributed by atoms with van der Waals surface area (Å²) in [5.74, 6) is -1.04. The molecule has 0 radical (unpaired) electrons. The van der Waals surface area contributed by atoms with Gasteiger partial charge in [-0.15, -0.1) is 0 Å². The molecule has 39 heavy (non-hydrogen) atoms. The van der Waals surface area contributed by atoms with E-state index in [1.807, 2.05) is 18.2 Å². The maximum Gasteiger partial charge on any atom is 0.408 e. The van der Waals surface area contributed by atoms with Crippen molar-refractivity contribution in [2.45, 2.75) is 70.3 Å². The highest BCUT2D eigenvalue weighted by Gasteiger charge is 2.43. The van der Waals surface area contributed by atoms with Gasteiger partial charge in [0, 0.05) is 51.1 Å². The highest BCUT2D eigenvalue weighted by atomic mass is 19.1. The van der Waals surface area contributed by atoms with Gasteiger partial charge in [0.25, 0.3) is 5.91 Å². The lowest BCUT2D eigenvalue weighted by Gasteiger charge is -2.37. The first-order valence-corrected chi connectivity index (χ1v) is 12.9. The largest absolute Gasteiger partial charge is 0.444 e. The number of ether oxygens (including phenoxy) is 2. The number of nitrogens with one attached hydrogen (secondary N) is 2. The first-order chi connectivity index (χ1) is 18.5. The average molecular weight is 537 g/mol. The van der Waals surface area contributed by atoms with Crippen molar-refractivity contribution in [2.24, 2.45) is 0 Å². The van der Waals surface area contributed by atoms with Crippen LogP contribution in [0.25, 0.3) is 0 Å². The van der Waals surface area contributed by atoms with Gasteiger partial charge in [-0.1, -0.05) is 18.2 Å². The van der Waals surface area contributed by atoms with E-state index in [1.165, 1.54) is 24.3 Å². The monoisotopic (exact) mass is 536 g/mol. The number of hydrogen-bond acceptors (Lipinski definition) is 6. The fraction of sp³-hybridized carbons (Fsp3) is 0.448. The number of fused-ring (bicyclic) bond motifs is 1. The highest BCUT2D eigenvalue weighted by molar-refractivity contribution is 5.94. The van der Waals surface area contributed by atoms with E-state index in [1.54, 1.807) is 25.7 Å². The Morgan fingerprint density at radius 3 is 2.41 bits per heavy atom. The molecule has 2 aromatic rings. The molecule has 1 atom stereocenters. The summed E-state index contributed by atoms with van der Waals surface area (Å²) in [6.45, 7) is 6.63. The van der Waals surface area contributed by atoms with Crippen LogP contribution in [-0.4, -0.2) is 53.2 Å². The highest BCUT2D eigenvalue weighted by Crippen LogP contribution is 2.27. The Bertz CT molecular complexity index is 1280. The molecule has 2 heterocycles. The number of benzene rings is 2. The SMILES string of the molecule is CC(C)(C)OC(=O)NC1(C(=O)N[C@H](C#N)Cc2ccc3c(c2)CN(C(=O)c2ccc(F)cc2)C3)CCOCC1. The maximum absolute atomic E-state index is 13.4. The van der Waals surface area contributed by atoms with E-state index in [2.05, 4.69) is 16.7 Å². The van der Waals surface area contributed by atoms with E-state index in [4.69, 9.17) is 9.47 Å². The molecule has 1 saturated heterocycles. The second-order valence-corrected chi connectivity index (χ2v) is 11.0. The Balaban J connectivity index is 1.41. The minimum atomic E-state index is -1.24. The number of halogens is 1. The molecule has 4 rings (SSSR count). The molecule has 2 N–H and O–H groups in total. The molecular formula is C29H33FN4O5. The third-order valence-electron chi connectivity index (χ3n) is 6.79. The number of carbonyl (C=O) groups is 3. The van der Waals surface area contributed by atoms with E-state index < -0.39 is 35.0 Å². The average Bonchev–Trinajstić information content (AvgIpc) is 3.31. The molecule has 10 heteroatoms. The molecule has 3 amide bonds. The maximum atomic E-state index is 13.4. The van der Waals surface area contributed by atoms with Gasteiger partial charge in [0.15, 0.2) is 0 Å². The van der Waals surface area contributed by atoms with Crippen molar-refractivity contribution in [2.75, 3.05) is 13.2 Å². The summed E-state index contributed by atoms with van der Waals surface area (Å²) in [6.07, 6.45) is 0.0619. The van der Waals surface area contributed by atoms with Crippen LogP contribution in [0.1, 0.15) is 60.7 Å². The quantitative estimate of drug-likeness (QED) is 0.582. The van der Waals surface area contributed by atoms with Crippen LogP contribution in [-0.2, 0) is 33.8 Å². The van der Waals surface area contributed by atoms with Crippen molar-refractivity contribution in [1.29, 1.82) is 5.26 Å². The summed E-state index contributed by atoms with van der Waals surface area (Å²) in [5.41, 5.74) is 1.23. The first kappa shape index (κ1) is 28.0. The van der Waals surface area contributed by atoms with Crippen molar-refractivity contribution in [3.63, 3.8) is 0 Å². The molecule has 206 valence electrons. The molecule has 2 aromatic carbocycles. The van der Waals surface area contributed by atoms with E-state index in [0.717, 1.165) is 16.7 Å². The Morgan fingerprint density at radius 1 is 1.10 bits per heavy atom. The van der Waals surface area contributed by atoms with Crippen molar-refractivity contribution >= 4 is 17.9 Å². The van der Waals surface area contributed by atoms with Gasteiger partial charge < -0.3 is 25.0 Å². The number of rotatable bonds is 6. The van der Waals surface area contributed by atoms with E-state index >= 15 is 0 Å². The third kappa shape index (κ3) is 6.92. The van der Waals surface area contributed by atoms with Gasteiger partial charge in [0.2, 0.25) is 5.91 Å². The Kier molecular flexibility index (Phi) is 8.21. The molecule has 0 aromatic heterocycles. The zero-order valence-corrected chi connectivity index (χ0v) is 22.4. The number of hydrogen-bond donors (Lipinski definition) is 2. The van der Waals surface area contributed by atoms with Crippen molar-refractivity contribution < 1.29 is 28.2 Å².